The summed E-state index contributed by atoms with van der Waals surface area (Å²) in [6.45, 7) is 9.68. The first-order valence-electron chi connectivity index (χ1n) is 8.90. The first-order valence-corrected chi connectivity index (χ1v) is 9.28. The summed E-state index contributed by atoms with van der Waals surface area (Å²) in [7, 11) is 0. The van der Waals surface area contributed by atoms with E-state index in [0.717, 1.165) is 0 Å². The molecular formula is C16H27ClN6O5. The second-order valence-corrected chi connectivity index (χ2v) is 8.58. The third kappa shape index (κ3) is 5.53. The number of piperazine rings is 1. The van der Waals surface area contributed by atoms with Crippen molar-refractivity contribution in [1.82, 2.24) is 24.5 Å². The first-order chi connectivity index (χ1) is 12.8. The quantitative estimate of drug-likeness (QED) is 0.525. The Hall–Kier alpha value is -1.95. The van der Waals surface area contributed by atoms with Crippen molar-refractivity contribution in [3.05, 3.63) is 21.6 Å². The number of carboxylic acid groups (broad SMARTS) is 1. The molecule has 1 fully saturated rings. The number of nitrogens with zero attached hydrogens (tertiary/aromatic N) is 6. The van der Waals surface area contributed by atoms with Gasteiger partial charge in [-0.25, -0.2) is 14.8 Å². The number of hydrogen-bond donors (Lipinski definition) is 2. The number of amides is 1. The van der Waals surface area contributed by atoms with E-state index in [4.69, 9.17) is 11.6 Å². The fourth-order valence-electron chi connectivity index (χ4n) is 3.41. The van der Waals surface area contributed by atoms with Gasteiger partial charge in [0.05, 0.1) is 17.7 Å². The molecule has 1 aliphatic rings. The van der Waals surface area contributed by atoms with Crippen molar-refractivity contribution in [2.24, 2.45) is 0 Å². The van der Waals surface area contributed by atoms with Crippen LogP contribution in [0.5, 0.6) is 0 Å². The van der Waals surface area contributed by atoms with Crippen LogP contribution in [-0.4, -0.2) is 89.6 Å². The minimum Gasteiger partial charge on any atom is -0.464 e. The average molecular weight is 419 g/mol. The van der Waals surface area contributed by atoms with E-state index >= 15 is 0 Å². The molecule has 0 bridgehead atoms. The molecule has 1 aromatic heterocycles. The number of nitro groups is 1. The number of hydrazine groups is 1. The minimum absolute atomic E-state index is 0.0517. The number of carbonyl (C=O) groups is 1. The summed E-state index contributed by atoms with van der Waals surface area (Å²) in [6.07, 6.45) is 0.201. The summed E-state index contributed by atoms with van der Waals surface area (Å²) in [5.41, 5.74) is -1.75. The van der Waals surface area contributed by atoms with Gasteiger partial charge in [0, 0.05) is 32.7 Å². The number of hydrogen-bond acceptors (Lipinski definition) is 7. The Morgan fingerprint density at radius 1 is 1.29 bits per heavy atom. The third-order valence-electron chi connectivity index (χ3n) is 4.43. The van der Waals surface area contributed by atoms with E-state index < -0.39 is 22.2 Å². The molecular weight excluding hydrogens is 392 g/mol. The molecule has 2 N–H and O–H groups in total. The van der Waals surface area contributed by atoms with Crippen molar-refractivity contribution >= 4 is 23.5 Å². The number of aliphatic hydroxyl groups is 1. The molecule has 12 heteroatoms. The van der Waals surface area contributed by atoms with E-state index in [1.807, 2.05) is 25.7 Å². The highest BCUT2D eigenvalue weighted by Gasteiger charge is 2.35. The Kier molecular flexibility index (Phi) is 6.54. The van der Waals surface area contributed by atoms with Gasteiger partial charge in [0.1, 0.15) is 6.20 Å². The van der Waals surface area contributed by atoms with Gasteiger partial charge in [0.15, 0.2) is 0 Å². The molecule has 1 atom stereocenters. The van der Waals surface area contributed by atoms with Crippen molar-refractivity contribution in [2.75, 3.05) is 32.7 Å². The van der Waals surface area contributed by atoms with Gasteiger partial charge in [0.2, 0.25) is 0 Å². The van der Waals surface area contributed by atoms with E-state index in [1.54, 1.807) is 11.9 Å². The molecule has 11 nitrogen and oxygen atoms in total. The van der Waals surface area contributed by atoms with Gasteiger partial charge in [-0.15, -0.1) is 0 Å². The lowest BCUT2D eigenvalue weighted by atomic mass is 10.1. The molecule has 0 aromatic carbocycles. The van der Waals surface area contributed by atoms with Crippen LogP contribution in [0.1, 0.15) is 27.7 Å². The topological polar surface area (TPSA) is 128 Å². The van der Waals surface area contributed by atoms with Crippen LogP contribution < -0.4 is 0 Å². The fourth-order valence-corrected chi connectivity index (χ4v) is 3.60. The van der Waals surface area contributed by atoms with Crippen molar-refractivity contribution in [3.8, 4) is 0 Å². The Labute approximate surface area is 168 Å². The molecule has 28 heavy (non-hydrogen) atoms. The number of halogens is 1. The van der Waals surface area contributed by atoms with Crippen LogP contribution in [0.4, 0.5) is 10.6 Å². The van der Waals surface area contributed by atoms with Gasteiger partial charge in [-0.05, 0) is 49.2 Å². The van der Waals surface area contributed by atoms with E-state index in [0.29, 0.717) is 32.7 Å². The fraction of sp³-hybridized carbons (Fsp3) is 0.750. The summed E-state index contributed by atoms with van der Waals surface area (Å²) in [5.74, 6) is -0.370. The molecule has 0 saturated carbocycles. The predicted molar refractivity (Wildman–Crippen MR) is 102 cm³/mol. The monoisotopic (exact) mass is 418 g/mol. The zero-order valence-corrected chi connectivity index (χ0v) is 17.3. The number of rotatable bonds is 6. The van der Waals surface area contributed by atoms with Crippen LogP contribution in [-0.2, 0) is 6.54 Å². The Morgan fingerprint density at radius 2 is 1.86 bits per heavy atom. The lowest BCUT2D eigenvalue weighted by molar-refractivity contribution is -0.389. The molecule has 1 saturated heterocycles. The standard InChI is InChI=1S/C16H27ClN6O5/c1-15(2,3)22(14(24)25)21-7-5-19(6-8-21)10-16(4,26)11-20-9-12(23(27)28)18-13(20)17/h9,26H,5-8,10-11H2,1-4H3,(H,24,25)/t16-/m0/s1. The van der Waals surface area contributed by atoms with E-state index in [-0.39, 0.29) is 17.6 Å². The van der Waals surface area contributed by atoms with Gasteiger partial charge in [-0.3, -0.25) is 9.47 Å². The maximum atomic E-state index is 11.6. The molecule has 158 valence electrons. The Balaban J connectivity index is 1.96. The second-order valence-electron chi connectivity index (χ2n) is 8.25. The van der Waals surface area contributed by atoms with Crippen molar-refractivity contribution in [3.63, 3.8) is 0 Å². The molecule has 0 unspecified atom stereocenters. The first kappa shape index (κ1) is 22.3. The van der Waals surface area contributed by atoms with E-state index in [1.165, 1.54) is 15.8 Å². The largest absolute Gasteiger partial charge is 0.464 e. The number of aromatic nitrogens is 2. The molecule has 0 radical (unpaired) electrons. The smallest absolute Gasteiger partial charge is 0.422 e. The van der Waals surface area contributed by atoms with Crippen LogP contribution in [0.3, 0.4) is 0 Å². The third-order valence-corrected chi connectivity index (χ3v) is 4.73. The van der Waals surface area contributed by atoms with Crippen LogP contribution in [0.15, 0.2) is 6.20 Å². The van der Waals surface area contributed by atoms with Crippen molar-refractivity contribution in [2.45, 2.75) is 45.4 Å². The van der Waals surface area contributed by atoms with Crippen molar-refractivity contribution in [1.29, 1.82) is 0 Å². The highest BCUT2D eigenvalue weighted by molar-refractivity contribution is 6.28. The summed E-state index contributed by atoms with van der Waals surface area (Å²) in [4.78, 5) is 27.4. The minimum atomic E-state index is -1.20. The van der Waals surface area contributed by atoms with E-state index in [2.05, 4.69) is 4.98 Å². The predicted octanol–water partition coefficient (Wildman–Crippen LogP) is 1.51. The summed E-state index contributed by atoms with van der Waals surface area (Å²) in [5, 5.41) is 34.1. The maximum Gasteiger partial charge on any atom is 0.422 e. The SMILES string of the molecule is CC(C)(C)N(C(=O)O)N1CCN(C[C@](C)(O)Cn2cc([N+](=O)[O-])nc2Cl)CC1. The highest BCUT2D eigenvalue weighted by atomic mass is 35.5. The zero-order valence-electron chi connectivity index (χ0n) is 16.5. The molecule has 1 aromatic rings. The van der Waals surface area contributed by atoms with Gasteiger partial charge >= 0.3 is 17.2 Å². The van der Waals surface area contributed by atoms with Crippen LogP contribution in [0, 0.1) is 10.1 Å². The normalized spacial score (nSPS) is 18.6. The molecule has 2 rings (SSSR count). The van der Waals surface area contributed by atoms with Gasteiger partial charge < -0.3 is 20.3 Å². The number of β-amino-alcohol motifs (C(OH)–C–C–N with tert-alkyl or cyclic N) is 1. The van der Waals surface area contributed by atoms with Crippen LogP contribution >= 0.6 is 11.6 Å². The average Bonchev–Trinajstić information content (AvgIpc) is 2.87. The summed E-state index contributed by atoms with van der Waals surface area (Å²) >= 11 is 5.92. The highest BCUT2D eigenvalue weighted by Crippen LogP contribution is 2.22. The molecule has 0 spiro atoms. The molecule has 1 aliphatic heterocycles. The van der Waals surface area contributed by atoms with Gasteiger partial charge in [0.25, 0.3) is 0 Å². The maximum absolute atomic E-state index is 11.6. The summed E-state index contributed by atoms with van der Waals surface area (Å²) in [6, 6.07) is 0. The molecule has 1 amide bonds. The second kappa shape index (κ2) is 8.19. The number of imidazole rings is 1. The molecule has 2 heterocycles. The van der Waals surface area contributed by atoms with Crippen LogP contribution in [0.2, 0.25) is 5.28 Å². The Bertz CT molecular complexity index is 724. The molecule has 0 aliphatic carbocycles. The lowest BCUT2D eigenvalue weighted by Crippen LogP contribution is -2.62. The summed E-state index contributed by atoms with van der Waals surface area (Å²) < 4.78 is 1.35. The van der Waals surface area contributed by atoms with E-state index in [9.17, 15) is 25.1 Å². The van der Waals surface area contributed by atoms with Crippen molar-refractivity contribution < 1.29 is 19.9 Å². The van der Waals surface area contributed by atoms with Gasteiger partial charge in [-0.2, -0.15) is 0 Å². The van der Waals surface area contributed by atoms with Gasteiger partial charge in [-0.1, -0.05) is 0 Å². The zero-order chi connectivity index (χ0) is 21.3. The lowest BCUT2D eigenvalue weighted by Gasteiger charge is -2.46. The van der Waals surface area contributed by atoms with Crippen LogP contribution in [0.25, 0.3) is 0 Å². The Morgan fingerprint density at radius 3 is 2.29 bits per heavy atom.